The third-order valence-electron chi connectivity index (χ3n) is 2.57. The zero-order valence-electron chi connectivity index (χ0n) is 8.03. The van der Waals surface area contributed by atoms with E-state index in [9.17, 15) is 0 Å². The number of hydrogen-bond acceptors (Lipinski definition) is 5. The highest BCUT2D eigenvalue weighted by molar-refractivity contribution is 5.42. The summed E-state index contributed by atoms with van der Waals surface area (Å²) in [5, 5.41) is 3.30. The zero-order chi connectivity index (χ0) is 9.97. The van der Waals surface area contributed by atoms with Gasteiger partial charge in [-0.1, -0.05) is 0 Å². The number of anilines is 2. The second kappa shape index (κ2) is 3.79. The maximum absolute atomic E-state index is 5.78. The number of nitrogens with two attached hydrogens (primary N) is 2. The SMILES string of the molecule is Nc1cnc(C2CCNCC2)c(N)n1. The molecule has 5 N–H and O–H groups in total. The van der Waals surface area contributed by atoms with Crippen LogP contribution < -0.4 is 16.8 Å². The summed E-state index contributed by atoms with van der Waals surface area (Å²) in [5.41, 5.74) is 12.2. The van der Waals surface area contributed by atoms with Crippen LogP contribution in [0.1, 0.15) is 24.5 Å². The third-order valence-corrected chi connectivity index (χ3v) is 2.57. The lowest BCUT2D eigenvalue weighted by molar-refractivity contribution is 0.453. The van der Waals surface area contributed by atoms with Gasteiger partial charge in [-0.3, -0.25) is 4.98 Å². The number of nitrogen functional groups attached to an aromatic ring is 2. The van der Waals surface area contributed by atoms with Crippen LogP contribution in [0.3, 0.4) is 0 Å². The average Bonchev–Trinajstić information content (AvgIpc) is 2.19. The van der Waals surface area contributed by atoms with E-state index in [4.69, 9.17) is 11.5 Å². The Morgan fingerprint density at radius 3 is 2.64 bits per heavy atom. The van der Waals surface area contributed by atoms with Crippen molar-refractivity contribution in [1.29, 1.82) is 0 Å². The molecule has 1 fully saturated rings. The number of nitrogens with one attached hydrogen (secondary N) is 1. The predicted octanol–water partition coefficient (Wildman–Crippen LogP) is 0.108. The summed E-state index contributed by atoms with van der Waals surface area (Å²) in [5.74, 6) is 1.31. The molecule has 0 aliphatic carbocycles. The Balaban J connectivity index is 2.22. The highest BCUT2D eigenvalue weighted by Gasteiger charge is 2.19. The number of rotatable bonds is 1. The second-order valence-corrected chi connectivity index (χ2v) is 3.59. The van der Waals surface area contributed by atoms with E-state index in [2.05, 4.69) is 15.3 Å². The molecule has 0 saturated carbocycles. The normalized spacial score (nSPS) is 18.3. The van der Waals surface area contributed by atoms with Crippen molar-refractivity contribution in [3.63, 3.8) is 0 Å². The van der Waals surface area contributed by atoms with Crippen LogP contribution in [-0.4, -0.2) is 23.1 Å². The van der Waals surface area contributed by atoms with E-state index in [-0.39, 0.29) is 0 Å². The fraction of sp³-hybridized carbons (Fsp3) is 0.556. The quantitative estimate of drug-likeness (QED) is 0.589. The molecule has 5 nitrogen and oxygen atoms in total. The second-order valence-electron chi connectivity index (χ2n) is 3.59. The summed E-state index contributed by atoms with van der Waals surface area (Å²) < 4.78 is 0. The van der Waals surface area contributed by atoms with Crippen LogP contribution in [0, 0.1) is 0 Å². The molecule has 2 heterocycles. The van der Waals surface area contributed by atoms with Crippen LogP contribution in [0.4, 0.5) is 11.6 Å². The first-order valence-electron chi connectivity index (χ1n) is 4.86. The molecule has 2 rings (SSSR count). The lowest BCUT2D eigenvalue weighted by atomic mass is 9.94. The van der Waals surface area contributed by atoms with Gasteiger partial charge >= 0.3 is 0 Å². The maximum atomic E-state index is 5.78. The van der Waals surface area contributed by atoms with Gasteiger partial charge in [0.1, 0.15) is 11.6 Å². The third kappa shape index (κ3) is 1.77. The molecule has 0 spiro atoms. The lowest BCUT2D eigenvalue weighted by Crippen LogP contribution is -2.27. The Kier molecular flexibility index (Phi) is 2.49. The van der Waals surface area contributed by atoms with Crippen molar-refractivity contribution in [3.8, 4) is 0 Å². The van der Waals surface area contributed by atoms with Crippen molar-refractivity contribution in [3.05, 3.63) is 11.9 Å². The van der Waals surface area contributed by atoms with Crippen LogP contribution in [0.2, 0.25) is 0 Å². The van der Waals surface area contributed by atoms with E-state index < -0.39 is 0 Å². The molecule has 0 radical (unpaired) electrons. The first kappa shape index (κ1) is 9.21. The first-order valence-corrected chi connectivity index (χ1v) is 4.86. The van der Waals surface area contributed by atoms with Gasteiger partial charge < -0.3 is 16.8 Å². The molecule has 1 saturated heterocycles. The Morgan fingerprint density at radius 2 is 2.00 bits per heavy atom. The van der Waals surface area contributed by atoms with Gasteiger partial charge in [-0.2, -0.15) is 0 Å². The molecule has 1 aromatic rings. The molecule has 76 valence electrons. The van der Waals surface area contributed by atoms with Crippen molar-refractivity contribution >= 4 is 11.6 Å². The molecule has 14 heavy (non-hydrogen) atoms. The van der Waals surface area contributed by atoms with Gasteiger partial charge in [-0.25, -0.2) is 4.98 Å². The number of piperidine rings is 1. The fourth-order valence-corrected chi connectivity index (χ4v) is 1.84. The minimum Gasteiger partial charge on any atom is -0.382 e. The summed E-state index contributed by atoms with van der Waals surface area (Å²) in [6, 6.07) is 0. The molecule has 0 bridgehead atoms. The largest absolute Gasteiger partial charge is 0.382 e. The topological polar surface area (TPSA) is 89.8 Å². The van der Waals surface area contributed by atoms with Gasteiger partial charge in [-0.05, 0) is 25.9 Å². The number of hydrogen-bond donors (Lipinski definition) is 3. The van der Waals surface area contributed by atoms with Crippen LogP contribution in [0.25, 0.3) is 0 Å². The molecule has 0 unspecified atom stereocenters. The van der Waals surface area contributed by atoms with Crippen LogP contribution in [-0.2, 0) is 0 Å². The van der Waals surface area contributed by atoms with E-state index in [1.165, 1.54) is 0 Å². The average molecular weight is 193 g/mol. The molecule has 1 aromatic heterocycles. The van der Waals surface area contributed by atoms with Crippen LogP contribution in [0.5, 0.6) is 0 Å². The lowest BCUT2D eigenvalue weighted by Gasteiger charge is -2.22. The zero-order valence-corrected chi connectivity index (χ0v) is 8.03. The summed E-state index contributed by atoms with van der Waals surface area (Å²) in [4.78, 5) is 8.28. The number of nitrogens with zero attached hydrogens (tertiary/aromatic N) is 2. The van der Waals surface area contributed by atoms with Crippen LogP contribution >= 0.6 is 0 Å². The van der Waals surface area contributed by atoms with E-state index in [0.29, 0.717) is 17.6 Å². The minimum absolute atomic E-state index is 0.389. The van der Waals surface area contributed by atoms with Gasteiger partial charge in [0.25, 0.3) is 0 Å². The Labute approximate surface area is 82.9 Å². The minimum atomic E-state index is 0.389. The van der Waals surface area contributed by atoms with Gasteiger partial charge in [0, 0.05) is 5.92 Å². The molecule has 0 amide bonds. The van der Waals surface area contributed by atoms with Crippen molar-refractivity contribution in [2.24, 2.45) is 0 Å². The van der Waals surface area contributed by atoms with E-state index in [1.54, 1.807) is 6.20 Å². The Morgan fingerprint density at radius 1 is 1.29 bits per heavy atom. The summed E-state index contributed by atoms with van der Waals surface area (Å²) in [6.45, 7) is 2.05. The van der Waals surface area contributed by atoms with Gasteiger partial charge in [0.2, 0.25) is 0 Å². The van der Waals surface area contributed by atoms with Crippen LogP contribution in [0.15, 0.2) is 6.20 Å². The summed E-state index contributed by atoms with van der Waals surface area (Å²) in [7, 11) is 0. The van der Waals surface area contributed by atoms with E-state index in [1.807, 2.05) is 0 Å². The van der Waals surface area contributed by atoms with Crippen molar-refractivity contribution in [1.82, 2.24) is 15.3 Å². The Hall–Kier alpha value is -1.36. The first-order chi connectivity index (χ1) is 6.77. The maximum Gasteiger partial charge on any atom is 0.147 e. The van der Waals surface area contributed by atoms with Crippen molar-refractivity contribution in [2.75, 3.05) is 24.6 Å². The molecule has 0 atom stereocenters. The monoisotopic (exact) mass is 193 g/mol. The highest BCUT2D eigenvalue weighted by Crippen LogP contribution is 2.26. The summed E-state index contributed by atoms with van der Waals surface area (Å²) in [6.07, 6.45) is 3.72. The van der Waals surface area contributed by atoms with E-state index in [0.717, 1.165) is 31.6 Å². The molecule has 0 aromatic carbocycles. The van der Waals surface area contributed by atoms with E-state index >= 15 is 0 Å². The van der Waals surface area contributed by atoms with Gasteiger partial charge in [0.05, 0.1) is 11.9 Å². The predicted molar refractivity (Wildman–Crippen MR) is 55.7 cm³/mol. The number of aromatic nitrogens is 2. The highest BCUT2D eigenvalue weighted by atomic mass is 15.0. The van der Waals surface area contributed by atoms with Gasteiger partial charge in [-0.15, -0.1) is 0 Å². The molecule has 5 heteroatoms. The fourth-order valence-electron chi connectivity index (χ4n) is 1.84. The summed E-state index contributed by atoms with van der Waals surface area (Å²) >= 11 is 0. The molecular weight excluding hydrogens is 178 g/mol. The van der Waals surface area contributed by atoms with Crippen molar-refractivity contribution < 1.29 is 0 Å². The smallest absolute Gasteiger partial charge is 0.147 e. The Bertz CT molecular complexity index is 319. The standard InChI is InChI=1S/C9H15N5/c10-7-5-13-8(9(11)14-7)6-1-3-12-4-2-6/h5-6,12H,1-4H2,(H4,10,11,14). The van der Waals surface area contributed by atoms with Crippen molar-refractivity contribution in [2.45, 2.75) is 18.8 Å². The molecule has 1 aliphatic heterocycles. The molecule has 1 aliphatic rings. The van der Waals surface area contributed by atoms with Gasteiger partial charge in [0.15, 0.2) is 0 Å². The molecular formula is C9H15N5.